The molecule has 0 aromatic heterocycles. The summed E-state index contributed by atoms with van der Waals surface area (Å²) in [6.45, 7) is 10.8. The third kappa shape index (κ3) is 5.92. The van der Waals surface area contributed by atoms with Crippen LogP contribution in [0.5, 0.6) is 0 Å². The predicted octanol–water partition coefficient (Wildman–Crippen LogP) is 3.91. The minimum absolute atomic E-state index is 0.159. The van der Waals surface area contributed by atoms with Crippen molar-refractivity contribution in [1.82, 2.24) is 0 Å². The van der Waals surface area contributed by atoms with Crippen molar-refractivity contribution in [3.05, 3.63) is 23.8 Å². The number of hydrogen-bond acceptors (Lipinski definition) is 5. The van der Waals surface area contributed by atoms with Gasteiger partial charge in [-0.2, -0.15) is 0 Å². The number of aryl methyl sites for hydroxylation is 1. The summed E-state index contributed by atoms with van der Waals surface area (Å²) < 4.78 is 11.1. The standard InChI is InChI=1S/C20H32N2O3/c1-6-24-18(23)10-8-14-7-9-17(16(21)11-14)22-15-12-19(2,3)25-20(4,5)13-15/h7,9,11,15,22H,6,8,10,12-13,21H2,1-5H3. The Labute approximate surface area is 151 Å². The van der Waals surface area contributed by atoms with Gasteiger partial charge in [0.25, 0.3) is 0 Å². The highest BCUT2D eigenvalue weighted by Gasteiger charge is 2.39. The van der Waals surface area contributed by atoms with Gasteiger partial charge in [0.1, 0.15) is 0 Å². The summed E-state index contributed by atoms with van der Waals surface area (Å²) in [5.41, 5.74) is 8.61. The van der Waals surface area contributed by atoms with Crippen LogP contribution in [-0.4, -0.2) is 29.8 Å². The number of benzene rings is 1. The molecule has 1 fully saturated rings. The Morgan fingerprint density at radius 3 is 2.48 bits per heavy atom. The summed E-state index contributed by atoms with van der Waals surface area (Å²) in [5, 5.41) is 3.58. The maximum atomic E-state index is 11.5. The second-order valence-corrected chi connectivity index (χ2v) is 8.10. The molecule has 5 heteroatoms. The SMILES string of the molecule is CCOC(=O)CCc1ccc(NC2CC(C)(C)OC(C)(C)C2)c(N)c1. The fourth-order valence-electron chi connectivity index (χ4n) is 3.79. The monoisotopic (exact) mass is 348 g/mol. The van der Waals surface area contributed by atoms with Gasteiger partial charge in [0.05, 0.1) is 29.2 Å². The average Bonchev–Trinajstić information content (AvgIpc) is 2.45. The van der Waals surface area contributed by atoms with Gasteiger partial charge in [-0.15, -0.1) is 0 Å². The van der Waals surface area contributed by atoms with Gasteiger partial charge in [0, 0.05) is 12.5 Å². The summed E-state index contributed by atoms with van der Waals surface area (Å²) in [7, 11) is 0. The van der Waals surface area contributed by atoms with Crippen molar-refractivity contribution in [2.75, 3.05) is 17.7 Å². The zero-order chi connectivity index (χ0) is 18.7. The van der Waals surface area contributed by atoms with Crippen molar-refractivity contribution >= 4 is 17.3 Å². The highest BCUT2D eigenvalue weighted by atomic mass is 16.5. The van der Waals surface area contributed by atoms with Gasteiger partial charge in [-0.25, -0.2) is 0 Å². The van der Waals surface area contributed by atoms with Crippen LogP contribution >= 0.6 is 0 Å². The number of carbonyl (C=O) groups is 1. The van der Waals surface area contributed by atoms with Gasteiger partial charge in [-0.05, 0) is 71.6 Å². The molecule has 0 atom stereocenters. The number of nitrogen functional groups attached to an aromatic ring is 1. The molecule has 3 N–H and O–H groups in total. The molecule has 1 heterocycles. The van der Waals surface area contributed by atoms with Crippen molar-refractivity contribution in [1.29, 1.82) is 0 Å². The van der Waals surface area contributed by atoms with Gasteiger partial charge < -0.3 is 20.5 Å². The molecule has 5 nitrogen and oxygen atoms in total. The molecule has 1 saturated heterocycles. The first kappa shape index (κ1) is 19.6. The zero-order valence-electron chi connectivity index (χ0n) is 16.1. The highest BCUT2D eigenvalue weighted by Crippen LogP contribution is 2.37. The molecule has 0 bridgehead atoms. The second-order valence-electron chi connectivity index (χ2n) is 8.10. The smallest absolute Gasteiger partial charge is 0.306 e. The number of nitrogens with one attached hydrogen (secondary N) is 1. The summed E-state index contributed by atoms with van der Waals surface area (Å²) in [6, 6.07) is 6.28. The zero-order valence-corrected chi connectivity index (χ0v) is 16.1. The molecule has 25 heavy (non-hydrogen) atoms. The summed E-state index contributed by atoms with van der Waals surface area (Å²) in [4.78, 5) is 11.5. The molecule has 140 valence electrons. The number of ether oxygens (including phenoxy) is 2. The van der Waals surface area contributed by atoms with Crippen molar-refractivity contribution < 1.29 is 14.3 Å². The average molecular weight is 348 g/mol. The Hall–Kier alpha value is -1.75. The van der Waals surface area contributed by atoms with E-state index in [1.165, 1.54) is 0 Å². The lowest BCUT2D eigenvalue weighted by Crippen LogP contribution is -2.49. The fourth-order valence-corrected chi connectivity index (χ4v) is 3.79. The molecule has 0 saturated carbocycles. The van der Waals surface area contributed by atoms with Crippen molar-refractivity contribution in [2.24, 2.45) is 0 Å². The molecule has 0 unspecified atom stereocenters. The van der Waals surface area contributed by atoms with Crippen LogP contribution in [-0.2, 0) is 20.7 Å². The summed E-state index contributed by atoms with van der Waals surface area (Å²) in [5.74, 6) is -0.171. The van der Waals surface area contributed by atoms with E-state index in [4.69, 9.17) is 15.2 Å². The Morgan fingerprint density at radius 1 is 1.28 bits per heavy atom. The molecule has 2 rings (SSSR count). The Bertz CT molecular complexity index is 595. The van der Waals surface area contributed by atoms with Gasteiger partial charge in [-0.1, -0.05) is 6.07 Å². The van der Waals surface area contributed by atoms with E-state index >= 15 is 0 Å². The lowest BCUT2D eigenvalue weighted by molar-refractivity contribution is -0.158. The molecule has 0 radical (unpaired) electrons. The van der Waals surface area contributed by atoms with Crippen LogP contribution < -0.4 is 11.1 Å². The minimum Gasteiger partial charge on any atom is -0.466 e. The van der Waals surface area contributed by atoms with E-state index in [1.807, 2.05) is 25.1 Å². The van der Waals surface area contributed by atoms with E-state index in [0.717, 1.165) is 24.1 Å². The molecule has 1 aromatic carbocycles. The molecule has 1 aliphatic rings. The Balaban J connectivity index is 2.00. The summed E-state index contributed by atoms with van der Waals surface area (Å²) in [6.07, 6.45) is 2.88. The number of rotatable bonds is 6. The van der Waals surface area contributed by atoms with Crippen LogP contribution in [0.1, 0.15) is 59.4 Å². The maximum Gasteiger partial charge on any atom is 0.306 e. The molecular formula is C20H32N2O3. The normalized spacial score (nSPS) is 19.4. The molecular weight excluding hydrogens is 316 g/mol. The van der Waals surface area contributed by atoms with E-state index in [1.54, 1.807) is 0 Å². The first-order chi connectivity index (χ1) is 11.6. The molecule has 1 aromatic rings. The summed E-state index contributed by atoms with van der Waals surface area (Å²) >= 11 is 0. The van der Waals surface area contributed by atoms with Gasteiger partial charge >= 0.3 is 5.97 Å². The quantitative estimate of drug-likeness (QED) is 0.602. The fraction of sp³-hybridized carbons (Fsp3) is 0.650. The second kappa shape index (κ2) is 7.65. The molecule has 0 amide bonds. The highest BCUT2D eigenvalue weighted by molar-refractivity contribution is 5.71. The number of hydrogen-bond donors (Lipinski definition) is 2. The maximum absolute atomic E-state index is 11.5. The first-order valence-electron chi connectivity index (χ1n) is 9.11. The first-order valence-corrected chi connectivity index (χ1v) is 9.11. The van der Waals surface area contributed by atoms with Crippen molar-refractivity contribution in [3.8, 4) is 0 Å². The van der Waals surface area contributed by atoms with E-state index in [9.17, 15) is 4.79 Å². The third-order valence-corrected chi connectivity index (χ3v) is 4.43. The van der Waals surface area contributed by atoms with E-state index in [-0.39, 0.29) is 17.2 Å². The molecule has 1 aliphatic heterocycles. The number of anilines is 2. The van der Waals surface area contributed by atoms with Crippen LogP contribution in [0.15, 0.2) is 18.2 Å². The van der Waals surface area contributed by atoms with Crippen LogP contribution in [0.25, 0.3) is 0 Å². The number of nitrogens with two attached hydrogens (primary N) is 1. The van der Waals surface area contributed by atoms with E-state index in [0.29, 0.717) is 31.2 Å². The van der Waals surface area contributed by atoms with E-state index in [2.05, 4.69) is 33.0 Å². The Morgan fingerprint density at radius 2 is 1.92 bits per heavy atom. The van der Waals surface area contributed by atoms with Crippen LogP contribution in [0, 0.1) is 0 Å². The Kier molecular flexibility index (Phi) is 5.99. The minimum atomic E-state index is -0.171. The van der Waals surface area contributed by atoms with Crippen molar-refractivity contribution in [2.45, 2.75) is 77.5 Å². The molecule has 0 aliphatic carbocycles. The third-order valence-electron chi connectivity index (χ3n) is 4.43. The lowest BCUT2D eigenvalue weighted by Gasteiger charge is -2.45. The number of esters is 1. The van der Waals surface area contributed by atoms with Crippen LogP contribution in [0.2, 0.25) is 0 Å². The van der Waals surface area contributed by atoms with Gasteiger partial charge in [0.2, 0.25) is 0 Å². The molecule has 0 spiro atoms. The van der Waals surface area contributed by atoms with Crippen LogP contribution in [0.4, 0.5) is 11.4 Å². The van der Waals surface area contributed by atoms with Gasteiger partial charge in [0.15, 0.2) is 0 Å². The topological polar surface area (TPSA) is 73.6 Å². The van der Waals surface area contributed by atoms with Crippen LogP contribution in [0.3, 0.4) is 0 Å². The largest absolute Gasteiger partial charge is 0.466 e. The lowest BCUT2D eigenvalue weighted by atomic mass is 9.85. The van der Waals surface area contributed by atoms with Gasteiger partial charge in [-0.3, -0.25) is 4.79 Å². The number of carbonyl (C=O) groups excluding carboxylic acids is 1. The van der Waals surface area contributed by atoms with Crippen molar-refractivity contribution in [3.63, 3.8) is 0 Å². The van der Waals surface area contributed by atoms with E-state index < -0.39 is 0 Å². The predicted molar refractivity (Wildman–Crippen MR) is 102 cm³/mol.